The van der Waals surface area contributed by atoms with E-state index in [9.17, 15) is 8.78 Å². The quantitative estimate of drug-likeness (QED) is 0.782. The van der Waals surface area contributed by atoms with Gasteiger partial charge in [0.05, 0.1) is 0 Å². The SMILES string of the molecule is CCc1cc(N)c2ccc(F)c(F)c2n1. The fourth-order valence-corrected chi connectivity index (χ4v) is 1.50. The second-order valence-electron chi connectivity index (χ2n) is 3.31. The van der Waals surface area contributed by atoms with E-state index in [4.69, 9.17) is 5.73 Å². The fraction of sp³-hybridized carbons (Fsp3) is 0.182. The molecule has 1 aromatic carbocycles. The summed E-state index contributed by atoms with van der Waals surface area (Å²) < 4.78 is 26.4. The highest BCUT2D eigenvalue weighted by Gasteiger charge is 2.11. The van der Waals surface area contributed by atoms with Crippen molar-refractivity contribution < 1.29 is 8.78 Å². The van der Waals surface area contributed by atoms with Crippen molar-refractivity contribution in [1.82, 2.24) is 4.98 Å². The predicted octanol–water partition coefficient (Wildman–Crippen LogP) is 2.66. The van der Waals surface area contributed by atoms with E-state index in [-0.39, 0.29) is 5.52 Å². The van der Waals surface area contributed by atoms with Crippen LogP contribution in [0.3, 0.4) is 0 Å². The number of anilines is 1. The minimum atomic E-state index is -0.936. The summed E-state index contributed by atoms with van der Waals surface area (Å²) in [6, 6.07) is 4.18. The third kappa shape index (κ3) is 1.52. The Kier molecular flexibility index (Phi) is 2.26. The lowest BCUT2D eigenvalue weighted by Crippen LogP contribution is -1.98. The van der Waals surface area contributed by atoms with E-state index in [1.807, 2.05) is 6.92 Å². The third-order valence-corrected chi connectivity index (χ3v) is 2.32. The number of rotatable bonds is 1. The van der Waals surface area contributed by atoms with Gasteiger partial charge in [-0.1, -0.05) is 6.92 Å². The van der Waals surface area contributed by atoms with Crippen LogP contribution in [0.2, 0.25) is 0 Å². The van der Waals surface area contributed by atoms with Gasteiger partial charge in [0, 0.05) is 16.8 Å². The molecule has 0 fully saturated rings. The summed E-state index contributed by atoms with van der Waals surface area (Å²) in [7, 11) is 0. The van der Waals surface area contributed by atoms with Crippen molar-refractivity contribution in [3.63, 3.8) is 0 Å². The van der Waals surface area contributed by atoms with E-state index in [0.29, 0.717) is 23.2 Å². The van der Waals surface area contributed by atoms with Crippen LogP contribution in [0, 0.1) is 11.6 Å². The molecule has 0 unspecified atom stereocenters. The first-order valence-corrected chi connectivity index (χ1v) is 4.66. The van der Waals surface area contributed by atoms with Crippen LogP contribution in [0.4, 0.5) is 14.5 Å². The maximum Gasteiger partial charge on any atom is 0.185 e. The molecule has 0 atom stereocenters. The molecule has 0 saturated heterocycles. The van der Waals surface area contributed by atoms with Crippen LogP contribution < -0.4 is 5.73 Å². The lowest BCUT2D eigenvalue weighted by atomic mass is 10.1. The molecule has 78 valence electrons. The van der Waals surface area contributed by atoms with Crippen molar-refractivity contribution in [2.75, 3.05) is 5.73 Å². The van der Waals surface area contributed by atoms with Gasteiger partial charge in [0.1, 0.15) is 5.52 Å². The highest BCUT2D eigenvalue weighted by molar-refractivity contribution is 5.90. The predicted molar refractivity (Wildman–Crippen MR) is 55.4 cm³/mol. The number of nitrogen functional groups attached to an aromatic ring is 1. The van der Waals surface area contributed by atoms with Crippen molar-refractivity contribution in [1.29, 1.82) is 0 Å². The first kappa shape index (κ1) is 9.83. The number of aromatic nitrogens is 1. The average Bonchev–Trinajstić information content (AvgIpc) is 2.23. The maximum atomic E-state index is 13.4. The molecule has 0 aliphatic carbocycles. The number of nitrogens with two attached hydrogens (primary N) is 1. The van der Waals surface area contributed by atoms with Gasteiger partial charge in [-0.15, -0.1) is 0 Å². The standard InChI is InChI=1S/C11H10F2N2/c1-2-6-5-9(14)7-3-4-8(12)10(13)11(7)15-6/h3-5H,2H2,1H3,(H2,14,15). The Bertz CT molecular complexity index is 523. The van der Waals surface area contributed by atoms with E-state index in [0.717, 1.165) is 6.07 Å². The monoisotopic (exact) mass is 208 g/mol. The molecule has 2 nitrogen and oxygen atoms in total. The van der Waals surface area contributed by atoms with Gasteiger partial charge in [0.2, 0.25) is 0 Å². The minimum absolute atomic E-state index is 0.00634. The Hall–Kier alpha value is -1.71. The number of benzene rings is 1. The fourth-order valence-electron chi connectivity index (χ4n) is 1.50. The van der Waals surface area contributed by atoms with Gasteiger partial charge in [-0.05, 0) is 24.6 Å². The van der Waals surface area contributed by atoms with Crippen molar-refractivity contribution in [2.24, 2.45) is 0 Å². The molecule has 2 rings (SSSR count). The lowest BCUT2D eigenvalue weighted by Gasteiger charge is -2.05. The topological polar surface area (TPSA) is 38.9 Å². The van der Waals surface area contributed by atoms with Crippen molar-refractivity contribution in [3.05, 3.63) is 35.5 Å². The number of aryl methyl sites for hydroxylation is 1. The molecule has 1 heterocycles. The van der Waals surface area contributed by atoms with Crippen LogP contribution in [0.25, 0.3) is 10.9 Å². The summed E-state index contributed by atoms with van der Waals surface area (Å²) in [5.74, 6) is -1.84. The Labute approximate surface area is 85.7 Å². The molecular formula is C11H10F2N2. The molecule has 4 heteroatoms. The minimum Gasteiger partial charge on any atom is -0.398 e. The smallest absolute Gasteiger partial charge is 0.185 e. The lowest BCUT2D eigenvalue weighted by molar-refractivity contribution is 0.515. The van der Waals surface area contributed by atoms with Crippen molar-refractivity contribution in [2.45, 2.75) is 13.3 Å². The molecule has 2 N–H and O–H groups in total. The summed E-state index contributed by atoms with van der Waals surface area (Å²) in [4.78, 5) is 4.02. The molecule has 2 aromatic rings. The second-order valence-corrected chi connectivity index (χ2v) is 3.31. The van der Waals surface area contributed by atoms with Crippen LogP contribution in [0.5, 0.6) is 0 Å². The average molecular weight is 208 g/mol. The summed E-state index contributed by atoms with van der Waals surface area (Å²) >= 11 is 0. The second kappa shape index (κ2) is 3.46. The Balaban J connectivity index is 2.86. The van der Waals surface area contributed by atoms with E-state index < -0.39 is 11.6 Å². The molecule has 0 saturated carbocycles. The number of hydrogen-bond donors (Lipinski definition) is 1. The van der Waals surface area contributed by atoms with Crippen LogP contribution in [0.15, 0.2) is 18.2 Å². The summed E-state index contributed by atoms with van der Waals surface area (Å²) in [5, 5.41) is 0.450. The molecular weight excluding hydrogens is 198 g/mol. The molecule has 0 aliphatic heterocycles. The zero-order valence-corrected chi connectivity index (χ0v) is 8.22. The molecule has 0 radical (unpaired) electrons. The molecule has 0 aliphatic rings. The Morgan fingerprint density at radius 1 is 1.33 bits per heavy atom. The molecule has 0 bridgehead atoms. The first-order chi connectivity index (χ1) is 7.13. The number of fused-ring (bicyclic) bond motifs is 1. The molecule has 15 heavy (non-hydrogen) atoms. The van der Waals surface area contributed by atoms with Crippen molar-refractivity contribution >= 4 is 16.6 Å². The number of halogens is 2. The van der Waals surface area contributed by atoms with Gasteiger partial charge in [0.15, 0.2) is 11.6 Å². The van der Waals surface area contributed by atoms with Gasteiger partial charge in [0.25, 0.3) is 0 Å². The molecule has 0 amide bonds. The van der Waals surface area contributed by atoms with Crippen molar-refractivity contribution in [3.8, 4) is 0 Å². The number of hydrogen-bond acceptors (Lipinski definition) is 2. The van der Waals surface area contributed by atoms with Gasteiger partial charge >= 0.3 is 0 Å². The molecule has 0 spiro atoms. The van der Waals surface area contributed by atoms with Gasteiger partial charge in [-0.3, -0.25) is 0 Å². The maximum absolute atomic E-state index is 13.4. The van der Waals surface area contributed by atoms with E-state index in [1.54, 1.807) is 6.07 Å². The van der Waals surface area contributed by atoms with E-state index in [2.05, 4.69) is 4.98 Å². The van der Waals surface area contributed by atoms with Crippen LogP contribution in [-0.4, -0.2) is 4.98 Å². The third-order valence-electron chi connectivity index (χ3n) is 2.32. The normalized spacial score (nSPS) is 10.9. The number of pyridine rings is 1. The van der Waals surface area contributed by atoms with Crippen LogP contribution in [-0.2, 0) is 6.42 Å². The van der Waals surface area contributed by atoms with E-state index >= 15 is 0 Å². The Morgan fingerprint density at radius 3 is 2.73 bits per heavy atom. The van der Waals surface area contributed by atoms with E-state index in [1.165, 1.54) is 6.07 Å². The summed E-state index contributed by atoms with van der Waals surface area (Å²) in [6.07, 6.45) is 0.635. The molecule has 1 aromatic heterocycles. The summed E-state index contributed by atoms with van der Waals surface area (Å²) in [5.41, 5.74) is 6.81. The van der Waals surface area contributed by atoms with Gasteiger partial charge in [-0.2, -0.15) is 0 Å². The number of nitrogens with zero attached hydrogens (tertiary/aromatic N) is 1. The largest absolute Gasteiger partial charge is 0.398 e. The van der Waals surface area contributed by atoms with Gasteiger partial charge in [-0.25, -0.2) is 13.8 Å². The highest BCUT2D eigenvalue weighted by atomic mass is 19.2. The van der Waals surface area contributed by atoms with Gasteiger partial charge < -0.3 is 5.73 Å². The highest BCUT2D eigenvalue weighted by Crippen LogP contribution is 2.24. The van der Waals surface area contributed by atoms with Crippen LogP contribution >= 0.6 is 0 Å². The zero-order valence-electron chi connectivity index (χ0n) is 8.22. The summed E-state index contributed by atoms with van der Waals surface area (Å²) in [6.45, 7) is 1.88. The van der Waals surface area contributed by atoms with Crippen LogP contribution in [0.1, 0.15) is 12.6 Å². The first-order valence-electron chi connectivity index (χ1n) is 4.66. The zero-order chi connectivity index (χ0) is 11.0. The Morgan fingerprint density at radius 2 is 2.07 bits per heavy atom.